The van der Waals surface area contributed by atoms with Gasteiger partial charge in [-0.3, -0.25) is 4.90 Å². The molecule has 6 nitrogen and oxygen atoms in total. The Morgan fingerprint density at radius 1 is 1.04 bits per heavy atom. The summed E-state index contributed by atoms with van der Waals surface area (Å²) in [6.45, 7) is 15.8. The number of nitrogens with zero attached hydrogens (tertiary/aromatic N) is 1. The second-order valence-corrected chi connectivity index (χ2v) is 9.21. The van der Waals surface area contributed by atoms with Crippen molar-refractivity contribution in [3.05, 3.63) is 29.8 Å². The number of carbonyl (C=O) groups is 2. The zero-order chi connectivity index (χ0) is 21.0. The van der Waals surface area contributed by atoms with Crippen molar-refractivity contribution >= 4 is 27.2 Å². The van der Waals surface area contributed by atoms with E-state index in [9.17, 15) is 9.59 Å². The number of hydrogen-bond donors (Lipinski definition) is 2. The summed E-state index contributed by atoms with van der Waals surface area (Å²) in [6.07, 6.45) is -0.469. The molecule has 0 radical (unpaired) electrons. The van der Waals surface area contributed by atoms with Gasteiger partial charge in [0.25, 0.3) is 0 Å². The van der Waals surface area contributed by atoms with E-state index >= 15 is 0 Å². The summed E-state index contributed by atoms with van der Waals surface area (Å²) < 4.78 is 5.33. The van der Waals surface area contributed by atoms with Crippen LogP contribution in [-0.2, 0) is 4.74 Å². The quantitative estimate of drug-likeness (QED) is 0.714. The molecule has 2 N–H and O–H groups in total. The van der Waals surface area contributed by atoms with Crippen LogP contribution in [0, 0.1) is 12.3 Å². The van der Waals surface area contributed by atoms with Crippen molar-refractivity contribution in [3.8, 4) is 0 Å². The Bertz CT molecular complexity index is 664. The van der Waals surface area contributed by atoms with Crippen molar-refractivity contribution in [3.63, 3.8) is 0 Å². The molecule has 3 amide bonds. The topological polar surface area (TPSA) is 70.7 Å². The molecule has 1 aromatic carbocycles. The average Bonchev–Trinajstić information content (AvgIpc) is 2.53. The molecule has 1 unspecified atom stereocenters. The molecule has 0 aliphatic heterocycles. The van der Waals surface area contributed by atoms with E-state index in [1.54, 1.807) is 4.90 Å². The van der Waals surface area contributed by atoms with Crippen LogP contribution in [0.3, 0.4) is 0 Å². The molecule has 1 aromatic rings. The molecule has 7 heteroatoms. The third-order valence-electron chi connectivity index (χ3n) is 4.91. The van der Waals surface area contributed by atoms with Gasteiger partial charge in [-0.15, -0.1) is 0 Å². The van der Waals surface area contributed by atoms with E-state index in [1.165, 1.54) is 0 Å². The monoisotopic (exact) mass is 395 g/mol. The number of amides is 3. The molecule has 0 saturated heterocycles. The molecule has 0 heterocycles. The van der Waals surface area contributed by atoms with Gasteiger partial charge in [-0.2, -0.15) is 0 Å². The summed E-state index contributed by atoms with van der Waals surface area (Å²) in [5, 5.41) is 5.48. The Labute approximate surface area is 165 Å². The Hall–Kier alpha value is -1.81. The normalized spacial score (nSPS) is 12.3. The number of carbonyl (C=O) groups excluding carboxylic acids is 2. The third-order valence-corrected chi connectivity index (χ3v) is 5.15. The minimum absolute atomic E-state index is 0.237. The van der Waals surface area contributed by atoms with E-state index in [0.717, 1.165) is 11.3 Å². The van der Waals surface area contributed by atoms with Crippen molar-refractivity contribution in [2.75, 3.05) is 11.4 Å². The average molecular weight is 395 g/mol. The lowest BCUT2D eigenvalue weighted by Crippen LogP contribution is -2.61. The molecule has 0 bridgehead atoms. The first-order valence-electron chi connectivity index (χ1n) is 9.05. The van der Waals surface area contributed by atoms with Crippen LogP contribution in [0.1, 0.15) is 54.0 Å². The molecule has 0 aromatic heterocycles. The van der Waals surface area contributed by atoms with Crippen LogP contribution in [-0.4, -0.2) is 29.8 Å². The van der Waals surface area contributed by atoms with Crippen LogP contribution in [0.4, 0.5) is 15.3 Å². The van der Waals surface area contributed by atoms with Gasteiger partial charge in [0.1, 0.15) is 5.60 Å². The van der Waals surface area contributed by atoms with Gasteiger partial charge in [0.2, 0.25) is 0 Å². The molecule has 152 valence electrons. The molecule has 0 spiro atoms. The smallest absolute Gasteiger partial charge is 0.407 e. The Kier molecular flexibility index (Phi) is 7.29. The lowest BCUT2D eigenvalue weighted by Gasteiger charge is -2.49. The molecular formula is C20H34N3O3P. The minimum Gasteiger partial charge on any atom is -0.444 e. The number of nitrogens with one attached hydrogen (secondary N) is 2. The Balaban J connectivity index is 3.10. The molecule has 0 fully saturated rings. The van der Waals surface area contributed by atoms with Gasteiger partial charge in [-0.1, -0.05) is 31.5 Å². The predicted octanol–water partition coefficient (Wildman–Crippen LogP) is 4.63. The van der Waals surface area contributed by atoms with Gasteiger partial charge in [-0.25, -0.2) is 9.59 Å². The van der Waals surface area contributed by atoms with Gasteiger partial charge in [0, 0.05) is 17.6 Å². The maximum atomic E-state index is 12.7. The summed E-state index contributed by atoms with van der Waals surface area (Å²) in [5.74, 6) is 0. The zero-order valence-electron chi connectivity index (χ0n) is 17.8. The van der Waals surface area contributed by atoms with Crippen molar-refractivity contribution < 1.29 is 14.3 Å². The third kappa shape index (κ3) is 6.10. The summed E-state index contributed by atoms with van der Waals surface area (Å²) in [6, 6.07) is 7.56. The highest BCUT2D eigenvalue weighted by Crippen LogP contribution is 2.38. The van der Waals surface area contributed by atoms with Crippen molar-refractivity contribution in [1.29, 1.82) is 0 Å². The SMILES string of the molecule is Cc1ccc(N(C(=O)NP)C(C)(C)C(C)(C)CNC(=O)OC(C)(C)C)cc1. The van der Waals surface area contributed by atoms with Crippen LogP contribution in [0.25, 0.3) is 0 Å². The van der Waals surface area contributed by atoms with Crippen molar-refractivity contribution in [1.82, 2.24) is 10.4 Å². The lowest BCUT2D eigenvalue weighted by molar-refractivity contribution is 0.0487. The first-order chi connectivity index (χ1) is 12.2. The molecule has 1 rings (SSSR count). The molecule has 0 saturated carbocycles. The number of ether oxygens (including phenoxy) is 1. The number of aryl methyl sites for hydroxylation is 1. The van der Waals surface area contributed by atoms with Gasteiger partial charge >= 0.3 is 12.1 Å². The van der Waals surface area contributed by atoms with E-state index in [1.807, 2.05) is 79.7 Å². The highest BCUT2D eigenvalue weighted by molar-refractivity contribution is 7.15. The van der Waals surface area contributed by atoms with E-state index in [-0.39, 0.29) is 6.03 Å². The van der Waals surface area contributed by atoms with Crippen LogP contribution < -0.4 is 15.3 Å². The number of urea groups is 1. The van der Waals surface area contributed by atoms with E-state index in [4.69, 9.17) is 4.74 Å². The highest BCUT2D eigenvalue weighted by atomic mass is 31.0. The van der Waals surface area contributed by atoms with Crippen LogP contribution >= 0.6 is 9.39 Å². The number of rotatable bonds is 5. The first kappa shape index (κ1) is 23.2. The maximum Gasteiger partial charge on any atom is 0.407 e. The van der Waals surface area contributed by atoms with E-state index < -0.39 is 22.6 Å². The first-order valence-corrected chi connectivity index (χ1v) is 9.63. The molecule has 27 heavy (non-hydrogen) atoms. The molecule has 1 atom stereocenters. The van der Waals surface area contributed by atoms with Crippen molar-refractivity contribution in [2.45, 2.75) is 66.5 Å². The number of anilines is 1. The second kappa shape index (κ2) is 8.47. The fourth-order valence-electron chi connectivity index (χ4n) is 2.58. The Morgan fingerprint density at radius 3 is 2.00 bits per heavy atom. The molecule has 0 aliphatic carbocycles. The molecular weight excluding hydrogens is 361 g/mol. The molecule has 0 aliphatic rings. The van der Waals surface area contributed by atoms with Gasteiger partial charge in [-0.05, 0) is 63.1 Å². The van der Waals surface area contributed by atoms with E-state index in [2.05, 4.69) is 19.8 Å². The summed E-state index contributed by atoms with van der Waals surface area (Å²) >= 11 is 0. The Morgan fingerprint density at radius 2 is 1.56 bits per heavy atom. The summed E-state index contributed by atoms with van der Waals surface area (Å²) in [4.78, 5) is 26.5. The van der Waals surface area contributed by atoms with E-state index in [0.29, 0.717) is 6.54 Å². The maximum absolute atomic E-state index is 12.7. The van der Waals surface area contributed by atoms with Crippen LogP contribution in [0.5, 0.6) is 0 Å². The predicted molar refractivity (Wildman–Crippen MR) is 114 cm³/mol. The number of benzene rings is 1. The van der Waals surface area contributed by atoms with Gasteiger partial charge in [0.05, 0.1) is 5.54 Å². The fourth-order valence-corrected chi connectivity index (χ4v) is 2.71. The highest BCUT2D eigenvalue weighted by Gasteiger charge is 2.45. The summed E-state index contributed by atoms with van der Waals surface area (Å²) in [7, 11) is 2.25. The largest absolute Gasteiger partial charge is 0.444 e. The number of alkyl carbamates (subject to hydrolysis) is 1. The summed E-state index contributed by atoms with van der Waals surface area (Å²) in [5.41, 5.74) is 0.283. The van der Waals surface area contributed by atoms with Gasteiger partial charge in [0.15, 0.2) is 0 Å². The van der Waals surface area contributed by atoms with Gasteiger partial charge < -0.3 is 15.1 Å². The standard InChI is InChI=1S/C20H34N3O3P/c1-14-9-11-15(12-10-14)23(16(24)22-27)20(7,8)19(5,6)13-21-17(25)26-18(2,3)4/h9-12H,13,27H2,1-8H3,(H,21,25)(H,22,24). The second-order valence-electron chi connectivity index (χ2n) is 8.92. The zero-order valence-corrected chi connectivity index (χ0v) is 18.9. The van der Waals surface area contributed by atoms with Crippen LogP contribution in [0.2, 0.25) is 0 Å². The minimum atomic E-state index is -0.613. The van der Waals surface area contributed by atoms with Crippen molar-refractivity contribution in [2.24, 2.45) is 5.41 Å². The van der Waals surface area contributed by atoms with Crippen LogP contribution in [0.15, 0.2) is 24.3 Å². The fraction of sp³-hybridized carbons (Fsp3) is 0.600. The lowest BCUT2D eigenvalue weighted by atomic mass is 9.73. The number of hydrogen-bond acceptors (Lipinski definition) is 3.